The lowest BCUT2D eigenvalue weighted by Crippen LogP contribution is -2.37. The number of aryl methyl sites for hydroxylation is 2. The molecule has 0 aliphatic carbocycles. The van der Waals surface area contributed by atoms with Crippen molar-refractivity contribution in [2.24, 2.45) is 7.05 Å². The number of hydrogen-bond donors (Lipinski definition) is 0. The van der Waals surface area contributed by atoms with Crippen molar-refractivity contribution in [3.05, 3.63) is 108 Å². The molecule has 0 aliphatic rings. The molecule has 132 valence electrons. The molecule has 0 saturated heterocycles. The standard InChI is InChI=1S/C25H24N2/c1-20-11-3-5-13-22(20)25-16-8-10-18-27(25)19-21-12-4-6-14-23(21)24-15-7-9-17-26(24)2/h3-18H,19H2,1-2H3/q+2. The molecule has 0 spiro atoms. The van der Waals surface area contributed by atoms with Gasteiger partial charge in [0, 0.05) is 35.4 Å². The molecule has 0 amide bonds. The van der Waals surface area contributed by atoms with Crippen LogP contribution < -0.4 is 9.13 Å². The van der Waals surface area contributed by atoms with E-state index in [2.05, 4.69) is 120 Å². The van der Waals surface area contributed by atoms with Crippen LogP contribution in [0.25, 0.3) is 22.5 Å². The fraction of sp³-hybridized carbons (Fsp3) is 0.120. The molecule has 0 radical (unpaired) electrons. The van der Waals surface area contributed by atoms with E-state index in [1.165, 1.54) is 33.6 Å². The maximum absolute atomic E-state index is 2.34. The van der Waals surface area contributed by atoms with E-state index in [9.17, 15) is 0 Å². The molecule has 2 nitrogen and oxygen atoms in total. The topological polar surface area (TPSA) is 7.76 Å². The Morgan fingerprint density at radius 2 is 1.26 bits per heavy atom. The maximum atomic E-state index is 2.34. The fourth-order valence-electron chi connectivity index (χ4n) is 3.61. The minimum atomic E-state index is 0.829. The van der Waals surface area contributed by atoms with Gasteiger partial charge in [-0.15, -0.1) is 0 Å². The summed E-state index contributed by atoms with van der Waals surface area (Å²) in [6.07, 6.45) is 4.27. The van der Waals surface area contributed by atoms with Crippen LogP contribution in [-0.4, -0.2) is 0 Å². The van der Waals surface area contributed by atoms with Crippen molar-refractivity contribution in [1.29, 1.82) is 0 Å². The minimum Gasteiger partial charge on any atom is -0.201 e. The van der Waals surface area contributed by atoms with Crippen LogP contribution in [0.5, 0.6) is 0 Å². The molecule has 2 heterocycles. The molecule has 2 heteroatoms. The molecular weight excluding hydrogens is 328 g/mol. The van der Waals surface area contributed by atoms with Gasteiger partial charge in [-0.25, -0.2) is 4.57 Å². The molecule has 0 unspecified atom stereocenters. The quantitative estimate of drug-likeness (QED) is 0.478. The van der Waals surface area contributed by atoms with E-state index < -0.39 is 0 Å². The van der Waals surface area contributed by atoms with Gasteiger partial charge in [-0.05, 0) is 36.8 Å². The summed E-state index contributed by atoms with van der Waals surface area (Å²) in [4.78, 5) is 0. The van der Waals surface area contributed by atoms with Gasteiger partial charge in [-0.2, -0.15) is 4.57 Å². The van der Waals surface area contributed by atoms with Crippen LogP contribution in [0.1, 0.15) is 11.1 Å². The Morgan fingerprint density at radius 1 is 0.630 bits per heavy atom. The Bertz CT molecular complexity index is 996. The Labute approximate surface area is 161 Å². The first-order valence-electron chi connectivity index (χ1n) is 9.31. The van der Waals surface area contributed by atoms with Crippen LogP contribution in [0.3, 0.4) is 0 Å². The summed E-state index contributed by atoms with van der Waals surface area (Å²) < 4.78 is 4.51. The summed E-state index contributed by atoms with van der Waals surface area (Å²) in [6.45, 7) is 3.00. The first kappa shape index (κ1) is 17.2. The highest BCUT2D eigenvalue weighted by molar-refractivity contribution is 5.62. The van der Waals surface area contributed by atoms with Gasteiger partial charge in [0.05, 0.1) is 5.56 Å². The van der Waals surface area contributed by atoms with E-state index in [1.54, 1.807) is 0 Å². The number of pyridine rings is 2. The molecule has 0 fully saturated rings. The first-order chi connectivity index (χ1) is 13.2. The zero-order chi connectivity index (χ0) is 18.6. The minimum absolute atomic E-state index is 0.829. The van der Waals surface area contributed by atoms with E-state index in [4.69, 9.17) is 0 Å². The lowest BCUT2D eigenvalue weighted by Gasteiger charge is -2.09. The zero-order valence-electron chi connectivity index (χ0n) is 15.8. The smallest absolute Gasteiger partial charge is 0.201 e. The Morgan fingerprint density at radius 3 is 2.04 bits per heavy atom. The van der Waals surface area contributed by atoms with Crippen molar-refractivity contribution in [3.8, 4) is 22.5 Å². The summed E-state index contributed by atoms with van der Waals surface area (Å²) in [7, 11) is 2.10. The third kappa shape index (κ3) is 3.52. The number of nitrogens with zero attached hydrogens (tertiary/aromatic N) is 2. The van der Waals surface area contributed by atoms with E-state index in [-0.39, 0.29) is 0 Å². The maximum Gasteiger partial charge on any atom is 0.213 e. The molecule has 0 bridgehead atoms. The average Bonchev–Trinajstić information content (AvgIpc) is 2.70. The molecule has 0 atom stereocenters. The average molecular weight is 352 g/mol. The van der Waals surface area contributed by atoms with Crippen LogP contribution in [0.2, 0.25) is 0 Å². The van der Waals surface area contributed by atoms with Gasteiger partial charge < -0.3 is 0 Å². The Kier molecular flexibility index (Phi) is 4.80. The second-order valence-electron chi connectivity index (χ2n) is 6.88. The first-order valence-corrected chi connectivity index (χ1v) is 9.31. The second kappa shape index (κ2) is 7.55. The number of aromatic nitrogens is 2. The number of hydrogen-bond acceptors (Lipinski definition) is 0. The normalized spacial score (nSPS) is 10.7. The van der Waals surface area contributed by atoms with Crippen LogP contribution in [0, 0.1) is 6.92 Å². The SMILES string of the molecule is Cc1ccccc1-c1cccc[n+]1Cc1ccccc1-c1cccc[n+]1C. The predicted molar refractivity (Wildman–Crippen MR) is 109 cm³/mol. The summed E-state index contributed by atoms with van der Waals surface area (Å²) in [5.41, 5.74) is 7.61. The summed E-state index contributed by atoms with van der Waals surface area (Å²) >= 11 is 0. The number of benzene rings is 2. The largest absolute Gasteiger partial charge is 0.213 e. The van der Waals surface area contributed by atoms with Crippen LogP contribution in [0.4, 0.5) is 0 Å². The highest BCUT2D eigenvalue weighted by atomic mass is 15.0. The molecule has 4 rings (SSSR count). The summed E-state index contributed by atoms with van der Waals surface area (Å²) in [6, 6.07) is 30.0. The molecular formula is C25H24N2+2. The third-order valence-electron chi connectivity index (χ3n) is 5.05. The van der Waals surface area contributed by atoms with Crippen molar-refractivity contribution in [2.45, 2.75) is 13.5 Å². The van der Waals surface area contributed by atoms with Gasteiger partial charge in [0.15, 0.2) is 18.9 Å². The molecule has 27 heavy (non-hydrogen) atoms. The van der Waals surface area contributed by atoms with E-state index in [0.717, 1.165) is 6.54 Å². The van der Waals surface area contributed by atoms with Crippen LogP contribution >= 0.6 is 0 Å². The van der Waals surface area contributed by atoms with Gasteiger partial charge in [0.1, 0.15) is 7.05 Å². The third-order valence-corrected chi connectivity index (χ3v) is 5.05. The Hall–Kier alpha value is -3.26. The fourth-order valence-corrected chi connectivity index (χ4v) is 3.61. The highest BCUT2D eigenvalue weighted by Gasteiger charge is 2.19. The molecule has 0 aliphatic heterocycles. The van der Waals surface area contributed by atoms with Gasteiger partial charge in [-0.1, -0.05) is 36.4 Å². The molecule has 0 N–H and O–H groups in total. The van der Waals surface area contributed by atoms with Gasteiger partial charge >= 0.3 is 0 Å². The highest BCUT2D eigenvalue weighted by Crippen LogP contribution is 2.23. The predicted octanol–water partition coefficient (Wildman–Crippen LogP) is 4.49. The van der Waals surface area contributed by atoms with E-state index in [0.29, 0.717) is 0 Å². The monoisotopic (exact) mass is 352 g/mol. The molecule has 4 aromatic rings. The van der Waals surface area contributed by atoms with E-state index in [1.807, 2.05) is 0 Å². The molecule has 2 aromatic heterocycles. The zero-order valence-corrected chi connectivity index (χ0v) is 15.8. The summed E-state index contributed by atoms with van der Waals surface area (Å²) in [5.74, 6) is 0. The van der Waals surface area contributed by atoms with Gasteiger partial charge in [-0.3, -0.25) is 0 Å². The lowest BCUT2D eigenvalue weighted by atomic mass is 10.0. The molecule has 0 saturated carbocycles. The summed E-state index contributed by atoms with van der Waals surface area (Å²) in [5, 5.41) is 0. The van der Waals surface area contributed by atoms with Crippen molar-refractivity contribution in [3.63, 3.8) is 0 Å². The van der Waals surface area contributed by atoms with Crippen LogP contribution in [-0.2, 0) is 13.6 Å². The van der Waals surface area contributed by atoms with Gasteiger partial charge in [0.25, 0.3) is 0 Å². The van der Waals surface area contributed by atoms with Crippen LogP contribution in [0.15, 0.2) is 97.3 Å². The van der Waals surface area contributed by atoms with Crippen molar-refractivity contribution in [2.75, 3.05) is 0 Å². The lowest BCUT2D eigenvalue weighted by molar-refractivity contribution is -0.677. The van der Waals surface area contributed by atoms with E-state index >= 15 is 0 Å². The second-order valence-corrected chi connectivity index (χ2v) is 6.88. The van der Waals surface area contributed by atoms with Gasteiger partial charge in [0.2, 0.25) is 11.4 Å². The van der Waals surface area contributed by atoms with Crippen molar-refractivity contribution < 1.29 is 9.13 Å². The number of rotatable bonds is 4. The Balaban J connectivity index is 1.80. The van der Waals surface area contributed by atoms with Crippen molar-refractivity contribution in [1.82, 2.24) is 0 Å². The molecule has 2 aromatic carbocycles. The van der Waals surface area contributed by atoms with Crippen molar-refractivity contribution >= 4 is 0 Å².